The van der Waals surface area contributed by atoms with E-state index >= 15 is 0 Å². The minimum Gasteiger partial charge on any atom is -0.469 e. The van der Waals surface area contributed by atoms with Crippen LogP contribution in [-0.2, 0) is 25.5 Å². The number of benzene rings is 1. The number of rotatable bonds is 6. The molecule has 0 radical (unpaired) electrons. The lowest BCUT2D eigenvalue weighted by atomic mass is 9.83. The number of hydrogen-bond acceptors (Lipinski definition) is 6. The zero-order valence-electron chi connectivity index (χ0n) is 15.7. The van der Waals surface area contributed by atoms with E-state index in [1.807, 2.05) is 24.4 Å². The third kappa shape index (κ3) is 3.73. The minimum atomic E-state index is -0.337. The molecule has 8 nitrogen and oxygen atoms in total. The first-order valence-electron chi connectivity index (χ1n) is 9.49. The van der Waals surface area contributed by atoms with Gasteiger partial charge in [-0.25, -0.2) is 4.98 Å². The lowest BCUT2D eigenvalue weighted by molar-refractivity contribution is -0.140. The van der Waals surface area contributed by atoms with Gasteiger partial charge in [0.1, 0.15) is 5.82 Å². The van der Waals surface area contributed by atoms with Gasteiger partial charge in [0, 0.05) is 42.7 Å². The number of carbonyl (C=O) groups is 2. The predicted molar refractivity (Wildman–Crippen MR) is 102 cm³/mol. The fraction of sp³-hybridized carbons (Fsp3) is 0.450. The number of amides is 1. The Morgan fingerprint density at radius 1 is 1.39 bits per heavy atom. The Kier molecular flexibility index (Phi) is 5.29. The van der Waals surface area contributed by atoms with E-state index in [1.54, 1.807) is 6.20 Å². The molecular weight excluding hydrogens is 360 g/mol. The average molecular weight is 384 g/mol. The van der Waals surface area contributed by atoms with E-state index in [4.69, 9.17) is 4.74 Å². The lowest BCUT2D eigenvalue weighted by Gasteiger charge is -2.35. The van der Waals surface area contributed by atoms with Crippen molar-refractivity contribution in [2.24, 2.45) is 5.92 Å². The molecule has 2 aromatic rings. The molecule has 1 aromatic heterocycles. The summed E-state index contributed by atoms with van der Waals surface area (Å²) in [5, 5.41) is 6.33. The van der Waals surface area contributed by atoms with Crippen LogP contribution in [0.25, 0.3) is 0 Å². The number of fused-ring (bicyclic) bond motifs is 3. The monoisotopic (exact) mass is 384 g/mol. The second kappa shape index (κ2) is 8.02. The van der Waals surface area contributed by atoms with E-state index in [2.05, 4.69) is 25.3 Å². The van der Waals surface area contributed by atoms with Gasteiger partial charge < -0.3 is 25.1 Å². The standard InChI is InChI=1S/C20H24N4O4/c1-27-17(26)4-6-21-16(25)11-12-2-3-15-14(10-12)19-13(5-9-28-19)18(24-15)20-22-7-8-23-20/h2-3,7-8,10,13,18-19,24H,4-6,9,11H2,1H3,(H,21,25)(H,22,23). The highest BCUT2D eigenvalue weighted by molar-refractivity contribution is 5.79. The highest BCUT2D eigenvalue weighted by Crippen LogP contribution is 2.49. The van der Waals surface area contributed by atoms with Crippen LogP contribution < -0.4 is 10.6 Å². The van der Waals surface area contributed by atoms with E-state index in [9.17, 15) is 9.59 Å². The summed E-state index contributed by atoms with van der Waals surface area (Å²) in [6.07, 6.45) is 4.98. The highest BCUT2D eigenvalue weighted by Gasteiger charge is 2.42. The van der Waals surface area contributed by atoms with Crippen LogP contribution in [0.1, 0.15) is 41.9 Å². The van der Waals surface area contributed by atoms with Crippen molar-refractivity contribution in [3.63, 3.8) is 0 Å². The number of nitrogens with zero attached hydrogens (tertiary/aromatic N) is 1. The molecule has 0 bridgehead atoms. The topological polar surface area (TPSA) is 105 Å². The third-order valence-electron chi connectivity index (χ3n) is 5.36. The van der Waals surface area contributed by atoms with Crippen LogP contribution in [0.4, 0.5) is 5.69 Å². The van der Waals surface area contributed by atoms with Crippen LogP contribution in [0.3, 0.4) is 0 Å². The van der Waals surface area contributed by atoms with Crippen molar-refractivity contribution in [1.29, 1.82) is 0 Å². The van der Waals surface area contributed by atoms with Gasteiger partial charge in [0.15, 0.2) is 0 Å². The summed E-state index contributed by atoms with van der Waals surface area (Å²) in [6.45, 7) is 0.989. The van der Waals surface area contributed by atoms with Crippen LogP contribution in [0.15, 0.2) is 30.6 Å². The smallest absolute Gasteiger partial charge is 0.307 e. The van der Waals surface area contributed by atoms with Crippen molar-refractivity contribution in [3.8, 4) is 0 Å². The van der Waals surface area contributed by atoms with Gasteiger partial charge in [-0.1, -0.05) is 12.1 Å². The van der Waals surface area contributed by atoms with Crippen LogP contribution in [0.5, 0.6) is 0 Å². The van der Waals surface area contributed by atoms with Crippen molar-refractivity contribution < 1.29 is 19.1 Å². The van der Waals surface area contributed by atoms with Crippen LogP contribution >= 0.6 is 0 Å². The average Bonchev–Trinajstić information content (AvgIpc) is 3.39. The van der Waals surface area contributed by atoms with Gasteiger partial charge in [-0.2, -0.15) is 0 Å². The van der Waals surface area contributed by atoms with E-state index < -0.39 is 0 Å². The maximum absolute atomic E-state index is 12.2. The van der Waals surface area contributed by atoms with Crippen molar-refractivity contribution in [1.82, 2.24) is 15.3 Å². The van der Waals surface area contributed by atoms with Gasteiger partial charge in [0.25, 0.3) is 0 Å². The zero-order chi connectivity index (χ0) is 19.5. The van der Waals surface area contributed by atoms with E-state index in [0.717, 1.165) is 29.1 Å². The van der Waals surface area contributed by atoms with Gasteiger partial charge in [-0.15, -0.1) is 0 Å². The molecule has 2 aliphatic heterocycles. The lowest BCUT2D eigenvalue weighted by Crippen LogP contribution is -2.30. The predicted octanol–water partition coefficient (Wildman–Crippen LogP) is 1.88. The van der Waals surface area contributed by atoms with Crippen LogP contribution in [0.2, 0.25) is 0 Å². The summed E-state index contributed by atoms with van der Waals surface area (Å²) in [4.78, 5) is 30.9. The van der Waals surface area contributed by atoms with E-state index in [1.165, 1.54) is 7.11 Å². The summed E-state index contributed by atoms with van der Waals surface area (Å²) < 4.78 is 10.6. The molecule has 1 amide bonds. The second-order valence-corrected chi connectivity index (χ2v) is 7.11. The van der Waals surface area contributed by atoms with Crippen molar-refractivity contribution in [2.75, 3.05) is 25.6 Å². The van der Waals surface area contributed by atoms with Gasteiger partial charge in [-0.3, -0.25) is 9.59 Å². The van der Waals surface area contributed by atoms with Crippen LogP contribution in [0, 0.1) is 5.92 Å². The molecule has 4 rings (SSSR count). The van der Waals surface area contributed by atoms with Crippen molar-refractivity contribution in [3.05, 3.63) is 47.5 Å². The highest BCUT2D eigenvalue weighted by atomic mass is 16.5. The molecule has 3 unspecified atom stereocenters. The first kappa shape index (κ1) is 18.5. The second-order valence-electron chi connectivity index (χ2n) is 7.11. The molecule has 0 aliphatic carbocycles. The number of H-pyrrole nitrogens is 1. The largest absolute Gasteiger partial charge is 0.469 e. The maximum atomic E-state index is 12.2. The molecule has 0 saturated carbocycles. The number of hydrogen-bond donors (Lipinski definition) is 3. The Morgan fingerprint density at radius 2 is 2.29 bits per heavy atom. The molecule has 148 valence electrons. The fourth-order valence-corrected chi connectivity index (χ4v) is 4.00. The Hall–Kier alpha value is -2.87. The van der Waals surface area contributed by atoms with E-state index in [0.29, 0.717) is 12.5 Å². The summed E-state index contributed by atoms with van der Waals surface area (Å²) in [7, 11) is 1.33. The molecule has 2 aliphatic rings. The van der Waals surface area contributed by atoms with Gasteiger partial charge in [0.05, 0.1) is 32.1 Å². The SMILES string of the molecule is COC(=O)CCNC(=O)Cc1ccc2c(c1)C1OCCC1C(c1ncc[nH]1)N2. The first-order chi connectivity index (χ1) is 13.7. The Balaban J connectivity index is 1.46. The Bertz CT molecular complexity index is 852. The van der Waals surface area contributed by atoms with Crippen molar-refractivity contribution in [2.45, 2.75) is 31.4 Å². The molecule has 3 heterocycles. The number of esters is 1. The molecule has 0 spiro atoms. The number of methoxy groups -OCH3 is 1. The maximum Gasteiger partial charge on any atom is 0.307 e. The number of nitrogens with one attached hydrogen (secondary N) is 3. The number of carbonyl (C=O) groups excluding carboxylic acids is 2. The number of aromatic nitrogens is 2. The molecule has 1 saturated heterocycles. The van der Waals surface area contributed by atoms with Gasteiger partial charge in [-0.05, 0) is 18.1 Å². The fourth-order valence-electron chi connectivity index (χ4n) is 4.00. The summed E-state index contributed by atoms with van der Waals surface area (Å²) in [5.41, 5.74) is 3.02. The van der Waals surface area contributed by atoms with Crippen molar-refractivity contribution >= 4 is 17.6 Å². The molecule has 1 fully saturated rings. The molecule has 1 aromatic carbocycles. The first-order valence-corrected chi connectivity index (χ1v) is 9.49. The van der Waals surface area contributed by atoms with E-state index in [-0.39, 0.29) is 43.4 Å². The number of imidazole rings is 1. The Morgan fingerprint density at radius 3 is 3.07 bits per heavy atom. The summed E-state index contributed by atoms with van der Waals surface area (Å²) in [5.74, 6) is 0.753. The van der Waals surface area contributed by atoms with Gasteiger partial charge >= 0.3 is 5.97 Å². The minimum absolute atomic E-state index is 0.00585. The molecule has 3 atom stereocenters. The number of aromatic amines is 1. The number of ether oxygens (including phenoxy) is 2. The zero-order valence-corrected chi connectivity index (χ0v) is 15.7. The third-order valence-corrected chi connectivity index (χ3v) is 5.36. The molecule has 28 heavy (non-hydrogen) atoms. The summed E-state index contributed by atoms with van der Waals surface area (Å²) in [6, 6.07) is 6.08. The summed E-state index contributed by atoms with van der Waals surface area (Å²) >= 11 is 0. The quantitative estimate of drug-likeness (QED) is 0.657. The molecular formula is C20H24N4O4. The molecule has 8 heteroatoms. The molecule has 3 N–H and O–H groups in total. The van der Waals surface area contributed by atoms with Gasteiger partial charge in [0.2, 0.25) is 5.91 Å². The Labute approximate surface area is 163 Å². The number of anilines is 1. The van der Waals surface area contributed by atoms with Crippen LogP contribution in [-0.4, -0.2) is 42.1 Å². The normalized spacial score (nSPS) is 22.7.